The molecule has 2 N–H and O–H groups in total. The van der Waals surface area contributed by atoms with Crippen LogP contribution < -0.4 is 5.32 Å². The summed E-state index contributed by atoms with van der Waals surface area (Å²) in [6.45, 7) is 2.58. The number of halogens is 2. The van der Waals surface area contributed by atoms with Crippen molar-refractivity contribution in [3.8, 4) is 11.1 Å². The maximum absolute atomic E-state index is 13.9. The first kappa shape index (κ1) is 24.4. The fourth-order valence-electron chi connectivity index (χ4n) is 4.79. The van der Waals surface area contributed by atoms with Gasteiger partial charge in [-0.1, -0.05) is 54.6 Å². The van der Waals surface area contributed by atoms with Crippen LogP contribution in [0.2, 0.25) is 0 Å². The van der Waals surface area contributed by atoms with Crippen LogP contribution in [0.4, 0.5) is 13.6 Å². The number of allylic oxidation sites excluding steroid dienone is 1. The zero-order chi connectivity index (χ0) is 25.2. The van der Waals surface area contributed by atoms with Crippen molar-refractivity contribution in [1.82, 2.24) is 10.2 Å². The lowest BCUT2D eigenvalue weighted by atomic mass is 9.98. The molecule has 7 nitrogen and oxygen atoms in total. The van der Waals surface area contributed by atoms with Gasteiger partial charge in [0.1, 0.15) is 18.7 Å². The summed E-state index contributed by atoms with van der Waals surface area (Å²) in [4.78, 5) is 37.8. The monoisotopic (exact) mass is 484 g/mol. The van der Waals surface area contributed by atoms with E-state index in [1.165, 1.54) is 6.08 Å². The Labute approximate surface area is 201 Å². The normalized spacial score (nSPS) is 18.9. The van der Waals surface area contributed by atoms with Gasteiger partial charge in [-0.05, 0) is 35.1 Å². The summed E-state index contributed by atoms with van der Waals surface area (Å²) in [6, 6.07) is 12.8. The van der Waals surface area contributed by atoms with Crippen LogP contribution in [0.3, 0.4) is 0 Å². The van der Waals surface area contributed by atoms with E-state index in [-0.39, 0.29) is 18.9 Å². The average molecular weight is 484 g/mol. The fourth-order valence-corrected chi connectivity index (χ4v) is 4.79. The zero-order valence-electron chi connectivity index (χ0n) is 19.0. The molecule has 9 heteroatoms. The number of carbonyl (C=O) groups is 3. The molecule has 184 valence electrons. The lowest BCUT2D eigenvalue weighted by molar-refractivity contribution is -0.149. The Balaban J connectivity index is 1.46. The van der Waals surface area contributed by atoms with Crippen molar-refractivity contribution in [2.75, 3.05) is 13.2 Å². The van der Waals surface area contributed by atoms with E-state index < -0.39 is 48.9 Å². The zero-order valence-corrected chi connectivity index (χ0v) is 19.0. The molecule has 1 unspecified atom stereocenters. The van der Waals surface area contributed by atoms with Crippen molar-refractivity contribution in [3.63, 3.8) is 0 Å². The minimum atomic E-state index is -3.31. The van der Waals surface area contributed by atoms with Gasteiger partial charge in [-0.3, -0.25) is 4.79 Å². The van der Waals surface area contributed by atoms with Gasteiger partial charge in [0.2, 0.25) is 5.91 Å². The summed E-state index contributed by atoms with van der Waals surface area (Å²) < 4.78 is 33.3. The third kappa shape index (κ3) is 5.03. The number of carboxylic acid groups (broad SMARTS) is 1. The molecule has 1 fully saturated rings. The molecule has 2 atom stereocenters. The largest absolute Gasteiger partial charge is 0.480 e. The number of ether oxygens (including phenoxy) is 1. The molecule has 0 spiro atoms. The predicted octanol–water partition coefficient (Wildman–Crippen LogP) is 4.18. The Morgan fingerprint density at radius 1 is 1.14 bits per heavy atom. The van der Waals surface area contributed by atoms with E-state index in [0.717, 1.165) is 22.3 Å². The predicted molar refractivity (Wildman–Crippen MR) is 124 cm³/mol. The van der Waals surface area contributed by atoms with E-state index in [2.05, 4.69) is 11.9 Å². The highest BCUT2D eigenvalue weighted by Gasteiger charge is 2.51. The number of aliphatic carboxylic acids is 1. The van der Waals surface area contributed by atoms with E-state index in [1.54, 1.807) is 0 Å². The lowest BCUT2D eigenvalue weighted by Gasteiger charge is -2.26. The molecule has 4 rings (SSSR count). The van der Waals surface area contributed by atoms with E-state index in [4.69, 9.17) is 4.74 Å². The average Bonchev–Trinajstić information content (AvgIpc) is 3.34. The first-order chi connectivity index (χ1) is 16.7. The number of amides is 2. The van der Waals surface area contributed by atoms with Crippen LogP contribution in [0.25, 0.3) is 11.1 Å². The van der Waals surface area contributed by atoms with Crippen molar-refractivity contribution >= 4 is 18.0 Å². The highest BCUT2D eigenvalue weighted by molar-refractivity contribution is 5.90. The molecule has 0 aromatic heterocycles. The summed E-state index contributed by atoms with van der Waals surface area (Å²) in [6.07, 6.45) is 0.0513. The Morgan fingerprint density at radius 3 is 2.31 bits per heavy atom. The number of alkyl halides is 2. The van der Waals surface area contributed by atoms with Crippen molar-refractivity contribution in [3.05, 3.63) is 72.3 Å². The molecule has 2 aliphatic rings. The molecule has 1 aliphatic carbocycles. The van der Waals surface area contributed by atoms with E-state index in [0.29, 0.717) is 11.3 Å². The quantitative estimate of drug-likeness (QED) is 0.548. The van der Waals surface area contributed by atoms with Crippen LogP contribution in [-0.2, 0) is 14.3 Å². The highest BCUT2D eigenvalue weighted by Crippen LogP contribution is 2.44. The van der Waals surface area contributed by atoms with Crippen LogP contribution in [0.15, 0.2) is 61.2 Å². The van der Waals surface area contributed by atoms with Gasteiger partial charge in [0.25, 0.3) is 5.92 Å². The van der Waals surface area contributed by atoms with Crippen LogP contribution in [0.5, 0.6) is 0 Å². The topological polar surface area (TPSA) is 95.9 Å². The van der Waals surface area contributed by atoms with E-state index in [9.17, 15) is 28.3 Å². The van der Waals surface area contributed by atoms with Crippen molar-refractivity contribution < 1.29 is 33.0 Å². The van der Waals surface area contributed by atoms with Gasteiger partial charge < -0.3 is 20.1 Å². The minimum absolute atomic E-state index is 0.0156. The molecule has 1 aliphatic heterocycles. The maximum Gasteiger partial charge on any atom is 0.407 e. The SMILES string of the molecule is C=CCCC(NC(=O)OCC1c2ccccc2-c2ccccc21)C(=O)N1CC(F)(F)C[C@H]1C(=O)O. The van der Waals surface area contributed by atoms with Crippen molar-refractivity contribution in [2.45, 2.75) is 43.2 Å². The van der Waals surface area contributed by atoms with E-state index >= 15 is 0 Å². The Hall–Kier alpha value is -3.75. The number of hydrogen-bond acceptors (Lipinski definition) is 4. The molecule has 35 heavy (non-hydrogen) atoms. The molecule has 2 amide bonds. The second-order valence-electron chi connectivity index (χ2n) is 8.77. The van der Waals surface area contributed by atoms with Crippen LogP contribution >= 0.6 is 0 Å². The second-order valence-corrected chi connectivity index (χ2v) is 8.77. The summed E-state index contributed by atoms with van der Waals surface area (Å²) in [7, 11) is 0. The van der Waals surface area contributed by atoms with Gasteiger partial charge in [-0.25, -0.2) is 18.4 Å². The van der Waals surface area contributed by atoms with Crippen molar-refractivity contribution in [2.24, 2.45) is 0 Å². The number of nitrogens with one attached hydrogen (secondary N) is 1. The first-order valence-corrected chi connectivity index (χ1v) is 11.4. The number of rotatable bonds is 8. The third-order valence-electron chi connectivity index (χ3n) is 6.43. The molecule has 2 aromatic carbocycles. The van der Waals surface area contributed by atoms with Crippen molar-refractivity contribution in [1.29, 1.82) is 0 Å². The molecule has 0 saturated carbocycles. The van der Waals surface area contributed by atoms with Gasteiger partial charge in [0.15, 0.2) is 0 Å². The number of alkyl carbamates (subject to hydrolysis) is 1. The van der Waals surface area contributed by atoms with Gasteiger partial charge in [-0.2, -0.15) is 0 Å². The number of likely N-dealkylation sites (tertiary alicyclic amines) is 1. The second kappa shape index (κ2) is 9.85. The van der Waals surface area contributed by atoms with Gasteiger partial charge in [0.05, 0.1) is 6.54 Å². The molecule has 1 heterocycles. The lowest BCUT2D eigenvalue weighted by Crippen LogP contribution is -2.52. The van der Waals surface area contributed by atoms with Crippen LogP contribution in [-0.4, -0.2) is 59.1 Å². The summed E-state index contributed by atoms with van der Waals surface area (Å²) in [5, 5.41) is 11.8. The smallest absolute Gasteiger partial charge is 0.407 e. The fraction of sp³-hybridized carbons (Fsp3) is 0.346. The molecular formula is C26H26F2N2O5. The standard InChI is InChI=1S/C26H26F2N2O5/c1-2-3-12-21(23(31)30-15-26(27,28)13-22(30)24(32)33)29-25(34)35-14-20-18-10-6-4-8-16(18)17-9-5-7-11-19(17)20/h2,4-11,20-22H,1,3,12-15H2,(H,29,34)(H,32,33)/t21?,22-/m0/s1. The molecule has 0 radical (unpaired) electrons. The third-order valence-corrected chi connectivity index (χ3v) is 6.43. The summed E-state index contributed by atoms with van der Waals surface area (Å²) >= 11 is 0. The Bertz CT molecular complexity index is 1110. The minimum Gasteiger partial charge on any atom is -0.480 e. The molecular weight excluding hydrogens is 458 g/mol. The molecule has 1 saturated heterocycles. The number of benzene rings is 2. The Kier molecular flexibility index (Phi) is 6.86. The summed E-state index contributed by atoms with van der Waals surface area (Å²) in [5.41, 5.74) is 4.16. The number of carboxylic acids is 1. The van der Waals surface area contributed by atoms with Crippen LogP contribution in [0, 0.1) is 0 Å². The number of carbonyl (C=O) groups excluding carboxylic acids is 2. The highest BCUT2D eigenvalue weighted by atomic mass is 19.3. The number of hydrogen-bond donors (Lipinski definition) is 2. The van der Waals surface area contributed by atoms with Gasteiger partial charge in [0, 0.05) is 12.3 Å². The van der Waals surface area contributed by atoms with E-state index in [1.807, 2.05) is 48.5 Å². The maximum atomic E-state index is 13.9. The van der Waals surface area contributed by atoms with Crippen LogP contribution in [0.1, 0.15) is 36.3 Å². The Morgan fingerprint density at radius 2 is 1.74 bits per heavy atom. The van der Waals surface area contributed by atoms with Gasteiger partial charge in [-0.15, -0.1) is 6.58 Å². The first-order valence-electron chi connectivity index (χ1n) is 11.4. The molecule has 2 aromatic rings. The summed E-state index contributed by atoms with van der Waals surface area (Å²) in [5.74, 6) is -5.90. The molecule has 0 bridgehead atoms. The number of nitrogens with zero attached hydrogens (tertiary/aromatic N) is 1. The van der Waals surface area contributed by atoms with Gasteiger partial charge >= 0.3 is 12.1 Å². The number of fused-ring (bicyclic) bond motifs is 3.